The maximum Gasteiger partial charge on any atom is 0.291 e. The van der Waals surface area contributed by atoms with E-state index in [2.05, 4.69) is 20.7 Å². The number of carbonyl (C=O) groups excluding carboxylic acids is 1. The highest BCUT2D eigenvalue weighted by atomic mass is 35.5. The molecule has 0 unspecified atom stereocenters. The summed E-state index contributed by atoms with van der Waals surface area (Å²) in [4.78, 5) is 11.7. The molecule has 2 N–H and O–H groups in total. The van der Waals surface area contributed by atoms with Crippen molar-refractivity contribution in [2.45, 2.75) is 13.8 Å². The average molecular weight is 277 g/mol. The minimum Gasteiger partial charge on any atom is -0.282 e. The Morgan fingerprint density at radius 1 is 1.37 bits per heavy atom. The summed E-state index contributed by atoms with van der Waals surface area (Å²) in [6, 6.07) is 8.88. The summed E-state index contributed by atoms with van der Waals surface area (Å²) in [6.45, 7) is 3.63. The number of nitrogens with one attached hydrogen (secondary N) is 2. The van der Waals surface area contributed by atoms with Crippen molar-refractivity contribution >= 4 is 23.2 Å². The van der Waals surface area contributed by atoms with Crippen LogP contribution in [0.2, 0.25) is 5.02 Å². The highest BCUT2D eigenvalue weighted by Gasteiger charge is 2.08. The summed E-state index contributed by atoms with van der Waals surface area (Å²) in [7, 11) is 0. The van der Waals surface area contributed by atoms with Crippen molar-refractivity contribution in [2.75, 3.05) is 0 Å². The highest BCUT2D eigenvalue weighted by molar-refractivity contribution is 6.30. The van der Waals surface area contributed by atoms with Gasteiger partial charge in [-0.15, -0.1) is 0 Å². The first-order valence-electron chi connectivity index (χ1n) is 5.69. The molecule has 1 amide bonds. The smallest absolute Gasteiger partial charge is 0.282 e. The molecule has 1 aromatic heterocycles. The molecule has 1 aromatic carbocycles. The first-order valence-corrected chi connectivity index (χ1v) is 6.06. The molecule has 5 nitrogen and oxygen atoms in total. The fourth-order valence-corrected chi connectivity index (χ4v) is 1.61. The van der Waals surface area contributed by atoms with E-state index in [0.29, 0.717) is 16.4 Å². The van der Waals surface area contributed by atoms with E-state index in [0.717, 1.165) is 11.3 Å². The number of aryl methyl sites for hydroxylation is 1. The standard InChI is InChI=1S/C13H13ClN4O/c1-8-7-12(17-15-8)13(19)18-16-9(2)10-3-5-11(14)6-4-10/h3-7H,1-2H3,(H,15,17)(H,18,19). The molecular weight excluding hydrogens is 264 g/mol. The molecular formula is C13H13ClN4O. The van der Waals surface area contributed by atoms with E-state index in [4.69, 9.17) is 11.6 Å². The Balaban J connectivity index is 2.06. The van der Waals surface area contributed by atoms with Gasteiger partial charge in [-0.25, -0.2) is 5.43 Å². The van der Waals surface area contributed by atoms with E-state index in [1.165, 1.54) is 0 Å². The van der Waals surface area contributed by atoms with Crippen LogP contribution in [0.4, 0.5) is 0 Å². The van der Waals surface area contributed by atoms with Gasteiger partial charge in [0.25, 0.3) is 5.91 Å². The molecule has 0 bridgehead atoms. The predicted octanol–water partition coefficient (Wildman–Crippen LogP) is 2.53. The van der Waals surface area contributed by atoms with Gasteiger partial charge in [0.15, 0.2) is 5.69 Å². The van der Waals surface area contributed by atoms with Crippen molar-refractivity contribution in [3.8, 4) is 0 Å². The van der Waals surface area contributed by atoms with Gasteiger partial charge < -0.3 is 0 Å². The Morgan fingerprint density at radius 2 is 2.05 bits per heavy atom. The van der Waals surface area contributed by atoms with E-state index in [9.17, 15) is 4.79 Å². The Labute approximate surface area is 115 Å². The monoisotopic (exact) mass is 276 g/mol. The fraction of sp³-hybridized carbons (Fsp3) is 0.154. The lowest BCUT2D eigenvalue weighted by Gasteiger charge is -2.01. The van der Waals surface area contributed by atoms with Crippen molar-refractivity contribution in [1.29, 1.82) is 0 Å². The van der Waals surface area contributed by atoms with Crippen LogP contribution in [-0.2, 0) is 0 Å². The predicted molar refractivity (Wildman–Crippen MR) is 74.5 cm³/mol. The van der Waals surface area contributed by atoms with Crippen molar-refractivity contribution < 1.29 is 4.79 Å². The van der Waals surface area contributed by atoms with E-state index in [-0.39, 0.29) is 5.91 Å². The van der Waals surface area contributed by atoms with Gasteiger partial charge in [0.2, 0.25) is 0 Å². The molecule has 0 aliphatic carbocycles. The van der Waals surface area contributed by atoms with Crippen LogP contribution < -0.4 is 5.43 Å². The zero-order valence-corrected chi connectivity index (χ0v) is 11.3. The maximum atomic E-state index is 11.7. The van der Waals surface area contributed by atoms with Gasteiger partial charge >= 0.3 is 0 Å². The summed E-state index contributed by atoms with van der Waals surface area (Å²) in [5, 5.41) is 11.2. The van der Waals surface area contributed by atoms with Crippen LogP contribution in [0.1, 0.15) is 28.7 Å². The quantitative estimate of drug-likeness (QED) is 0.668. The van der Waals surface area contributed by atoms with E-state index in [1.807, 2.05) is 19.1 Å². The molecule has 0 radical (unpaired) electrons. The second kappa shape index (κ2) is 5.67. The molecule has 0 saturated carbocycles. The Hall–Kier alpha value is -2.14. The number of aromatic amines is 1. The molecule has 0 atom stereocenters. The molecule has 2 rings (SSSR count). The van der Waals surface area contributed by atoms with Crippen LogP contribution in [0.25, 0.3) is 0 Å². The maximum absolute atomic E-state index is 11.7. The van der Waals surface area contributed by atoms with Crippen molar-refractivity contribution in [3.05, 3.63) is 52.3 Å². The largest absolute Gasteiger partial charge is 0.291 e. The third-order valence-corrected chi connectivity index (χ3v) is 2.78. The number of amides is 1. The fourth-order valence-electron chi connectivity index (χ4n) is 1.48. The zero-order valence-electron chi connectivity index (χ0n) is 10.6. The Kier molecular flexibility index (Phi) is 3.97. The molecule has 0 saturated heterocycles. The summed E-state index contributed by atoms with van der Waals surface area (Å²) < 4.78 is 0. The van der Waals surface area contributed by atoms with E-state index < -0.39 is 0 Å². The lowest BCUT2D eigenvalue weighted by Crippen LogP contribution is -2.19. The average Bonchev–Trinajstić information content (AvgIpc) is 2.83. The zero-order chi connectivity index (χ0) is 13.8. The third-order valence-electron chi connectivity index (χ3n) is 2.53. The molecule has 0 fully saturated rings. The molecule has 19 heavy (non-hydrogen) atoms. The molecule has 2 aromatic rings. The SMILES string of the molecule is CC(=NNC(=O)c1cc(C)[nH]n1)c1ccc(Cl)cc1. The summed E-state index contributed by atoms with van der Waals surface area (Å²) in [6.07, 6.45) is 0. The molecule has 0 aliphatic heterocycles. The number of aromatic nitrogens is 2. The lowest BCUT2D eigenvalue weighted by atomic mass is 10.1. The molecule has 0 spiro atoms. The molecule has 6 heteroatoms. The van der Waals surface area contributed by atoms with E-state index in [1.54, 1.807) is 25.1 Å². The Morgan fingerprint density at radius 3 is 2.63 bits per heavy atom. The van der Waals surface area contributed by atoms with Gasteiger partial charge in [0.1, 0.15) is 0 Å². The summed E-state index contributed by atoms with van der Waals surface area (Å²) >= 11 is 5.80. The number of hydrogen-bond donors (Lipinski definition) is 2. The van der Waals surface area contributed by atoms with Crippen LogP contribution in [0.5, 0.6) is 0 Å². The minimum atomic E-state index is -0.349. The number of halogens is 1. The number of hydrazone groups is 1. The highest BCUT2D eigenvalue weighted by Crippen LogP contribution is 2.10. The van der Waals surface area contributed by atoms with Gasteiger partial charge in [-0.1, -0.05) is 23.7 Å². The summed E-state index contributed by atoms with van der Waals surface area (Å²) in [5.74, 6) is -0.349. The first-order chi connectivity index (χ1) is 9.06. The van der Waals surface area contributed by atoms with E-state index >= 15 is 0 Å². The lowest BCUT2D eigenvalue weighted by molar-refractivity contribution is 0.0950. The second-order valence-electron chi connectivity index (χ2n) is 4.08. The molecule has 1 heterocycles. The van der Waals surface area contributed by atoms with Gasteiger partial charge in [-0.3, -0.25) is 9.89 Å². The van der Waals surface area contributed by atoms with Crippen molar-refractivity contribution in [3.63, 3.8) is 0 Å². The van der Waals surface area contributed by atoms with Gasteiger partial charge in [0, 0.05) is 10.7 Å². The number of nitrogens with zero attached hydrogens (tertiary/aromatic N) is 2. The number of hydrogen-bond acceptors (Lipinski definition) is 3. The van der Waals surface area contributed by atoms with Crippen LogP contribution in [0.3, 0.4) is 0 Å². The minimum absolute atomic E-state index is 0.310. The topological polar surface area (TPSA) is 70.1 Å². The second-order valence-corrected chi connectivity index (χ2v) is 4.52. The van der Waals surface area contributed by atoms with Crippen LogP contribution >= 0.6 is 11.6 Å². The number of rotatable bonds is 3. The van der Waals surface area contributed by atoms with Gasteiger partial charge in [0.05, 0.1) is 5.71 Å². The molecule has 0 aliphatic rings. The van der Waals surface area contributed by atoms with Crippen molar-refractivity contribution in [2.24, 2.45) is 5.10 Å². The first kappa shape index (κ1) is 13.3. The number of benzene rings is 1. The Bertz CT molecular complexity index is 616. The van der Waals surface area contributed by atoms with Crippen LogP contribution in [-0.4, -0.2) is 21.8 Å². The molecule has 98 valence electrons. The van der Waals surface area contributed by atoms with Crippen LogP contribution in [0.15, 0.2) is 35.4 Å². The van der Waals surface area contributed by atoms with Gasteiger partial charge in [-0.2, -0.15) is 10.2 Å². The number of carbonyl (C=O) groups is 1. The van der Waals surface area contributed by atoms with Crippen LogP contribution in [0, 0.1) is 6.92 Å². The number of H-pyrrole nitrogens is 1. The summed E-state index contributed by atoms with van der Waals surface area (Å²) in [5.41, 5.74) is 5.18. The van der Waals surface area contributed by atoms with Gasteiger partial charge in [-0.05, 0) is 37.6 Å². The third kappa shape index (κ3) is 3.42. The van der Waals surface area contributed by atoms with Crippen molar-refractivity contribution in [1.82, 2.24) is 15.6 Å². The normalized spacial score (nSPS) is 11.4.